The summed E-state index contributed by atoms with van der Waals surface area (Å²) in [6.45, 7) is 4.60. The van der Waals surface area contributed by atoms with Crippen LogP contribution in [0.25, 0.3) is 0 Å². The number of hydrogen-bond acceptors (Lipinski definition) is 3. The van der Waals surface area contributed by atoms with Gasteiger partial charge in [-0.05, 0) is 41.9 Å². The van der Waals surface area contributed by atoms with E-state index in [1.165, 1.54) is 0 Å². The maximum Gasteiger partial charge on any atom is 0.324 e. The van der Waals surface area contributed by atoms with Crippen molar-refractivity contribution >= 4 is 33.5 Å². The van der Waals surface area contributed by atoms with Crippen molar-refractivity contribution in [2.75, 3.05) is 10.6 Å². The summed E-state index contributed by atoms with van der Waals surface area (Å²) in [5.74, 6) is 0.501. The maximum absolute atomic E-state index is 11.8. The zero-order valence-corrected chi connectivity index (χ0v) is 12.2. The van der Waals surface area contributed by atoms with Gasteiger partial charge in [-0.15, -0.1) is 0 Å². The van der Waals surface area contributed by atoms with E-state index in [0.29, 0.717) is 11.5 Å². The number of aromatic nitrogens is 3. The molecule has 2 amide bonds. The zero-order chi connectivity index (χ0) is 13.8. The van der Waals surface area contributed by atoms with Gasteiger partial charge in [0.05, 0.1) is 17.6 Å². The standard InChI is InChI=1S/C12H14BrN5O/c1-3-18-7-9(6-14-18)16-12(19)17-11-5-4-10(13)8(2)15-11/h4-7H,3H2,1-2H3,(H2,15,16,17,19). The van der Waals surface area contributed by atoms with Crippen molar-refractivity contribution in [3.63, 3.8) is 0 Å². The molecule has 0 saturated heterocycles. The van der Waals surface area contributed by atoms with Crippen LogP contribution in [0.3, 0.4) is 0 Å². The topological polar surface area (TPSA) is 71.8 Å². The Morgan fingerprint density at radius 2 is 2.21 bits per heavy atom. The van der Waals surface area contributed by atoms with Crippen molar-refractivity contribution in [3.8, 4) is 0 Å². The Hall–Kier alpha value is -1.89. The number of carbonyl (C=O) groups excluding carboxylic acids is 1. The van der Waals surface area contributed by atoms with E-state index in [9.17, 15) is 4.79 Å². The van der Waals surface area contributed by atoms with Crippen LogP contribution in [-0.2, 0) is 6.54 Å². The number of halogens is 1. The van der Waals surface area contributed by atoms with E-state index in [1.807, 2.05) is 19.9 Å². The molecular weight excluding hydrogens is 310 g/mol. The molecule has 0 aliphatic carbocycles. The van der Waals surface area contributed by atoms with E-state index < -0.39 is 0 Å². The molecule has 0 unspecified atom stereocenters. The van der Waals surface area contributed by atoms with Gasteiger partial charge in [0, 0.05) is 17.2 Å². The third-order valence-corrected chi connectivity index (χ3v) is 3.32. The van der Waals surface area contributed by atoms with Crippen molar-refractivity contribution in [1.82, 2.24) is 14.8 Å². The lowest BCUT2D eigenvalue weighted by molar-refractivity contribution is 0.262. The zero-order valence-electron chi connectivity index (χ0n) is 10.6. The van der Waals surface area contributed by atoms with E-state index in [1.54, 1.807) is 23.1 Å². The van der Waals surface area contributed by atoms with Gasteiger partial charge in [-0.1, -0.05) is 0 Å². The van der Waals surface area contributed by atoms with Gasteiger partial charge in [-0.25, -0.2) is 9.78 Å². The van der Waals surface area contributed by atoms with Crippen molar-refractivity contribution in [2.24, 2.45) is 0 Å². The lowest BCUT2D eigenvalue weighted by Crippen LogP contribution is -2.20. The summed E-state index contributed by atoms with van der Waals surface area (Å²) in [6.07, 6.45) is 3.36. The third-order valence-electron chi connectivity index (χ3n) is 2.48. The predicted molar refractivity (Wildman–Crippen MR) is 77.2 cm³/mol. The van der Waals surface area contributed by atoms with Crippen LogP contribution in [0, 0.1) is 6.92 Å². The highest BCUT2D eigenvalue weighted by Gasteiger charge is 2.06. The van der Waals surface area contributed by atoms with Crippen molar-refractivity contribution in [3.05, 3.63) is 34.7 Å². The molecule has 0 spiro atoms. The highest BCUT2D eigenvalue weighted by Crippen LogP contribution is 2.16. The molecule has 0 fully saturated rings. The molecule has 100 valence electrons. The third kappa shape index (κ3) is 3.54. The molecular formula is C12H14BrN5O. The largest absolute Gasteiger partial charge is 0.324 e. The van der Waals surface area contributed by atoms with Gasteiger partial charge >= 0.3 is 6.03 Å². The average Bonchev–Trinajstić information content (AvgIpc) is 2.81. The van der Waals surface area contributed by atoms with Gasteiger partial charge in [-0.3, -0.25) is 10.00 Å². The molecule has 6 nitrogen and oxygen atoms in total. The van der Waals surface area contributed by atoms with Gasteiger partial charge in [0.2, 0.25) is 0 Å². The Labute approximate surface area is 119 Å². The summed E-state index contributed by atoms with van der Waals surface area (Å²) in [4.78, 5) is 16.0. The van der Waals surface area contributed by atoms with E-state index in [4.69, 9.17) is 0 Å². The van der Waals surface area contributed by atoms with Crippen LogP contribution in [0.2, 0.25) is 0 Å². The van der Waals surface area contributed by atoms with Gasteiger partial charge in [0.25, 0.3) is 0 Å². The first-order valence-corrected chi connectivity index (χ1v) is 6.61. The van der Waals surface area contributed by atoms with Crippen LogP contribution in [0.5, 0.6) is 0 Å². The fraction of sp³-hybridized carbons (Fsp3) is 0.250. The number of aryl methyl sites for hydroxylation is 2. The minimum Gasteiger partial charge on any atom is -0.305 e. The summed E-state index contributed by atoms with van der Waals surface area (Å²) >= 11 is 3.36. The first-order valence-electron chi connectivity index (χ1n) is 5.82. The average molecular weight is 324 g/mol. The number of urea groups is 1. The van der Waals surface area contributed by atoms with Crippen LogP contribution in [0.15, 0.2) is 29.0 Å². The molecule has 0 aliphatic rings. The molecule has 19 heavy (non-hydrogen) atoms. The molecule has 2 aromatic heterocycles. The second-order valence-corrected chi connectivity index (χ2v) is 4.78. The number of carbonyl (C=O) groups is 1. The van der Waals surface area contributed by atoms with E-state index >= 15 is 0 Å². The number of anilines is 2. The molecule has 0 radical (unpaired) electrons. The summed E-state index contributed by atoms with van der Waals surface area (Å²) in [5, 5.41) is 9.43. The molecule has 2 N–H and O–H groups in total. The monoisotopic (exact) mass is 323 g/mol. The van der Waals surface area contributed by atoms with Crippen LogP contribution < -0.4 is 10.6 Å². The summed E-state index contributed by atoms with van der Waals surface area (Å²) in [7, 11) is 0. The molecule has 2 heterocycles. The molecule has 2 aromatic rings. The molecule has 2 rings (SSSR count). The first kappa shape index (κ1) is 13.5. The number of nitrogens with one attached hydrogen (secondary N) is 2. The maximum atomic E-state index is 11.8. The molecule has 0 bridgehead atoms. The molecule has 0 aliphatic heterocycles. The van der Waals surface area contributed by atoms with Crippen LogP contribution in [0.4, 0.5) is 16.3 Å². The van der Waals surface area contributed by atoms with E-state index in [-0.39, 0.29) is 6.03 Å². The number of nitrogens with zero attached hydrogens (tertiary/aromatic N) is 3. The van der Waals surface area contributed by atoms with Crippen molar-refractivity contribution in [1.29, 1.82) is 0 Å². The highest BCUT2D eigenvalue weighted by molar-refractivity contribution is 9.10. The molecule has 0 saturated carbocycles. The second kappa shape index (κ2) is 5.83. The van der Waals surface area contributed by atoms with Crippen molar-refractivity contribution in [2.45, 2.75) is 20.4 Å². The van der Waals surface area contributed by atoms with Gasteiger partial charge in [0.15, 0.2) is 0 Å². The number of rotatable bonds is 3. The van der Waals surface area contributed by atoms with E-state index in [2.05, 4.69) is 36.6 Å². The Balaban J connectivity index is 1.98. The minimum absolute atomic E-state index is 0.343. The smallest absolute Gasteiger partial charge is 0.305 e. The highest BCUT2D eigenvalue weighted by atomic mass is 79.9. The van der Waals surface area contributed by atoms with Gasteiger partial charge < -0.3 is 5.32 Å². The molecule has 7 heteroatoms. The lowest BCUT2D eigenvalue weighted by Gasteiger charge is -2.06. The summed E-state index contributed by atoms with van der Waals surface area (Å²) in [5.41, 5.74) is 1.46. The van der Waals surface area contributed by atoms with Gasteiger partial charge in [-0.2, -0.15) is 5.10 Å². The Kier molecular flexibility index (Phi) is 4.16. The van der Waals surface area contributed by atoms with Crippen molar-refractivity contribution < 1.29 is 4.79 Å². The predicted octanol–water partition coefficient (Wildman–Crippen LogP) is 3.01. The molecule has 0 aromatic carbocycles. The SMILES string of the molecule is CCn1cc(NC(=O)Nc2ccc(Br)c(C)n2)cn1. The fourth-order valence-corrected chi connectivity index (χ4v) is 1.71. The minimum atomic E-state index is -0.343. The first-order chi connectivity index (χ1) is 9.08. The Morgan fingerprint density at radius 3 is 2.84 bits per heavy atom. The Morgan fingerprint density at radius 1 is 1.42 bits per heavy atom. The normalized spacial score (nSPS) is 10.3. The fourth-order valence-electron chi connectivity index (χ4n) is 1.49. The summed E-state index contributed by atoms with van der Waals surface area (Å²) < 4.78 is 2.64. The van der Waals surface area contributed by atoms with Crippen LogP contribution >= 0.6 is 15.9 Å². The quantitative estimate of drug-likeness (QED) is 0.912. The second-order valence-electron chi connectivity index (χ2n) is 3.93. The number of hydrogen-bond donors (Lipinski definition) is 2. The van der Waals surface area contributed by atoms with Crippen LogP contribution in [0.1, 0.15) is 12.6 Å². The summed E-state index contributed by atoms with van der Waals surface area (Å²) in [6, 6.07) is 3.23. The lowest BCUT2D eigenvalue weighted by atomic mass is 10.4. The number of amides is 2. The number of pyridine rings is 1. The Bertz CT molecular complexity index is 596. The molecule has 0 atom stereocenters. The van der Waals surface area contributed by atoms with E-state index in [0.717, 1.165) is 16.7 Å². The van der Waals surface area contributed by atoms with Gasteiger partial charge in [0.1, 0.15) is 5.82 Å². The van der Waals surface area contributed by atoms with Crippen LogP contribution in [-0.4, -0.2) is 20.8 Å².